The standard InChI is InChI=1S/C15H15N3O2/c1-8-9(2)15(20)18(14(8)19)10(3)13-16-11-6-4-5-7-12(11)17-13/h4-7,10H,1-3H3,(H,16,17). The van der Waals surface area contributed by atoms with E-state index in [1.54, 1.807) is 20.8 Å². The van der Waals surface area contributed by atoms with Crippen molar-refractivity contribution in [3.63, 3.8) is 0 Å². The third kappa shape index (κ3) is 1.66. The minimum atomic E-state index is -0.408. The number of para-hydroxylation sites is 2. The molecule has 0 aliphatic carbocycles. The number of aromatic nitrogens is 2. The van der Waals surface area contributed by atoms with E-state index in [0.29, 0.717) is 17.0 Å². The molecular weight excluding hydrogens is 254 g/mol. The molecule has 3 rings (SSSR count). The van der Waals surface area contributed by atoms with Gasteiger partial charge in [0.15, 0.2) is 0 Å². The van der Waals surface area contributed by atoms with Gasteiger partial charge < -0.3 is 4.98 Å². The number of fused-ring (bicyclic) bond motifs is 1. The zero-order chi connectivity index (χ0) is 14.4. The molecule has 1 aliphatic heterocycles. The first kappa shape index (κ1) is 12.6. The van der Waals surface area contributed by atoms with E-state index in [1.165, 1.54) is 4.90 Å². The van der Waals surface area contributed by atoms with Crippen LogP contribution in [0.15, 0.2) is 35.4 Å². The Morgan fingerprint density at radius 1 is 1.10 bits per heavy atom. The maximum absolute atomic E-state index is 12.2. The number of carbonyl (C=O) groups excluding carboxylic acids is 2. The van der Waals surface area contributed by atoms with Crippen molar-refractivity contribution in [3.8, 4) is 0 Å². The minimum absolute atomic E-state index is 0.236. The second-order valence-corrected chi connectivity index (χ2v) is 5.05. The van der Waals surface area contributed by atoms with Gasteiger partial charge in [-0.2, -0.15) is 0 Å². The Morgan fingerprint density at radius 2 is 1.70 bits per heavy atom. The van der Waals surface area contributed by atoms with E-state index in [1.807, 2.05) is 24.3 Å². The predicted molar refractivity (Wildman–Crippen MR) is 74.7 cm³/mol. The van der Waals surface area contributed by atoms with Crippen molar-refractivity contribution in [2.75, 3.05) is 0 Å². The SMILES string of the molecule is CC1=C(C)C(=O)N(C(C)c2nc3ccccc3[nH]2)C1=O. The highest BCUT2D eigenvalue weighted by molar-refractivity contribution is 6.18. The Labute approximate surface area is 116 Å². The van der Waals surface area contributed by atoms with E-state index in [2.05, 4.69) is 9.97 Å². The van der Waals surface area contributed by atoms with Crippen molar-refractivity contribution < 1.29 is 9.59 Å². The van der Waals surface area contributed by atoms with Crippen LogP contribution in [0.3, 0.4) is 0 Å². The van der Waals surface area contributed by atoms with Crippen molar-refractivity contribution in [1.29, 1.82) is 0 Å². The van der Waals surface area contributed by atoms with E-state index in [-0.39, 0.29) is 11.8 Å². The fourth-order valence-electron chi connectivity index (χ4n) is 2.42. The van der Waals surface area contributed by atoms with Crippen LogP contribution in [-0.4, -0.2) is 26.7 Å². The van der Waals surface area contributed by atoms with E-state index in [9.17, 15) is 9.59 Å². The molecule has 0 saturated heterocycles. The van der Waals surface area contributed by atoms with Crippen LogP contribution >= 0.6 is 0 Å². The maximum atomic E-state index is 12.2. The first-order valence-corrected chi connectivity index (χ1v) is 6.50. The number of benzene rings is 1. The molecule has 1 unspecified atom stereocenters. The number of H-pyrrole nitrogens is 1. The summed E-state index contributed by atoms with van der Waals surface area (Å²) in [5.41, 5.74) is 2.75. The van der Waals surface area contributed by atoms with Crippen LogP contribution < -0.4 is 0 Å². The van der Waals surface area contributed by atoms with Gasteiger partial charge >= 0.3 is 0 Å². The second kappa shape index (κ2) is 4.30. The van der Waals surface area contributed by atoms with Crippen molar-refractivity contribution in [1.82, 2.24) is 14.9 Å². The number of aromatic amines is 1. The number of carbonyl (C=O) groups is 2. The van der Waals surface area contributed by atoms with Crippen LogP contribution in [-0.2, 0) is 9.59 Å². The van der Waals surface area contributed by atoms with Crippen molar-refractivity contribution >= 4 is 22.8 Å². The summed E-state index contributed by atoms with van der Waals surface area (Å²) in [7, 11) is 0. The summed E-state index contributed by atoms with van der Waals surface area (Å²) in [5, 5.41) is 0. The molecule has 1 aromatic carbocycles. The minimum Gasteiger partial charge on any atom is -0.340 e. The highest BCUT2D eigenvalue weighted by atomic mass is 16.2. The van der Waals surface area contributed by atoms with Crippen molar-refractivity contribution in [2.45, 2.75) is 26.8 Å². The fourth-order valence-corrected chi connectivity index (χ4v) is 2.42. The smallest absolute Gasteiger partial charge is 0.257 e. The molecule has 5 heteroatoms. The Kier molecular flexibility index (Phi) is 2.71. The van der Waals surface area contributed by atoms with E-state index < -0.39 is 6.04 Å². The Balaban J connectivity index is 1.99. The van der Waals surface area contributed by atoms with Crippen molar-refractivity contribution in [2.24, 2.45) is 0 Å². The van der Waals surface area contributed by atoms with E-state index in [0.717, 1.165) is 11.0 Å². The summed E-state index contributed by atoms with van der Waals surface area (Å²) in [6.07, 6.45) is 0. The van der Waals surface area contributed by atoms with Gasteiger partial charge in [-0.1, -0.05) is 12.1 Å². The average molecular weight is 269 g/mol. The molecule has 1 atom stereocenters. The lowest BCUT2D eigenvalue weighted by molar-refractivity contribution is -0.140. The normalized spacial score (nSPS) is 17.4. The Morgan fingerprint density at radius 3 is 2.30 bits per heavy atom. The number of hydrogen-bond acceptors (Lipinski definition) is 3. The van der Waals surface area contributed by atoms with Gasteiger partial charge in [-0.15, -0.1) is 0 Å². The van der Waals surface area contributed by atoms with E-state index >= 15 is 0 Å². The van der Waals surface area contributed by atoms with Crippen LogP contribution in [0.1, 0.15) is 32.6 Å². The van der Waals surface area contributed by atoms with Gasteiger partial charge in [-0.3, -0.25) is 14.5 Å². The third-order valence-electron chi connectivity index (χ3n) is 3.83. The third-order valence-corrected chi connectivity index (χ3v) is 3.83. The number of imidazole rings is 1. The Bertz CT molecular complexity index is 700. The zero-order valence-electron chi connectivity index (χ0n) is 11.6. The largest absolute Gasteiger partial charge is 0.340 e. The molecule has 0 fully saturated rings. The topological polar surface area (TPSA) is 66.1 Å². The van der Waals surface area contributed by atoms with E-state index in [4.69, 9.17) is 0 Å². The van der Waals surface area contributed by atoms with Crippen LogP contribution in [0, 0.1) is 0 Å². The molecule has 5 nitrogen and oxygen atoms in total. The number of nitrogens with one attached hydrogen (secondary N) is 1. The quantitative estimate of drug-likeness (QED) is 0.851. The predicted octanol–water partition coefficient (Wildman–Crippen LogP) is 2.33. The molecular formula is C15H15N3O2. The number of imide groups is 1. The van der Waals surface area contributed by atoms with Crippen molar-refractivity contribution in [3.05, 3.63) is 41.2 Å². The van der Waals surface area contributed by atoms with Crippen LogP contribution in [0.2, 0.25) is 0 Å². The van der Waals surface area contributed by atoms with Crippen LogP contribution in [0.4, 0.5) is 0 Å². The Hall–Kier alpha value is -2.43. The monoisotopic (exact) mass is 269 g/mol. The lowest BCUT2D eigenvalue weighted by Crippen LogP contribution is -2.34. The summed E-state index contributed by atoms with van der Waals surface area (Å²) in [4.78, 5) is 33.2. The number of rotatable bonds is 2. The summed E-state index contributed by atoms with van der Waals surface area (Å²) in [6, 6.07) is 7.22. The molecule has 102 valence electrons. The second-order valence-electron chi connectivity index (χ2n) is 5.05. The highest BCUT2D eigenvalue weighted by Crippen LogP contribution is 2.29. The van der Waals surface area contributed by atoms with Crippen LogP contribution in [0.25, 0.3) is 11.0 Å². The summed E-state index contributed by atoms with van der Waals surface area (Å²) < 4.78 is 0. The average Bonchev–Trinajstić information content (AvgIpc) is 2.95. The van der Waals surface area contributed by atoms with Crippen LogP contribution in [0.5, 0.6) is 0 Å². The molecule has 1 N–H and O–H groups in total. The van der Waals surface area contributed by atoms with Gasteiger partial charge in [-0.05, 0) is 32.9 Å². The summed E-state index contributed by atoms with van der Waals surface area (Å²) in [5.74, 6) is 0.149. The van der Waals surface area contributed by atoms with Gasteiger partial charge in [0.2, 0.25) is 0 Å². The summed E-state index contributed by atoms with van der Waals surface area (Å²) >= 11 is 0. The lowest BCUT2D eigenvalue weighted by Gasteiger charge is -2.21. The molecule has 0 saturated carbocycles. The number of hydrogen-bond donors (Lipinski definition) is 1. The molecule has 2 heterocycles. The molecule has 2 aromatic rings. The molecule has 0 spiro atoms. The highest BCUT2D eigenvalue weighted by Gasteiger charge is 2.38. The molecule has 0 radical (unpaired) electrons. The molecule has 20 heavy (non-hydrogen) atoms. The maximum Gasteiger partial charge on any atom is 0.257 e. The molecule has 1 aliphatic rings. The fraction of sp³-hybridized carbons (Fsp3) is 0.267. The first-order valence-electron chi connectivity index (χ1n) is 6.50. The van der Waals surface area contributed by atoms with Gasteiger partial charge in [0.1, 0.15) is 5.82 Å². The van der Waals surface area contributed by atoms with Gasteiger partial charge in [0, 0.05) is 11.1 Å². The lowest BCUT2D eigenvalue weighted by atomic mass is 10.2. The number of nitrogens with zero attached hydrogens (tertiary/aromatic N) is 2. The number of amides is 2. The molecule has 2 amide bonds. The summed E-state index contributed by atoms with van der Waals surface area (Å²) in [6.45, 7) is 5.17. The van der Waals surface area contributed by atoms with Gasteiger partial charge in [0.05, 0.1) is 17.1 Å². The zero-order valence-corrected chi connectivity index (χ0v) is 11.6. The first-order chi connectivity index (χ1) is 9.50. The molecule has 0 bridgehead atoms. The molecule has 1 aromatic heterocycles. The van der Waals surface area contributed by atoms with Gasteiger partial charge in [-0.25, -0.2) is 4.98 Å². The van der Waals surface area contributed by atoms with Gasteiger partial charge in [0.25, 0.3) is 11.8 Å².